The average molecular weight is 418 g/mol. The van der Waals surface area contributed by atoms with Crippen LogP contribution in [0.1, 0.15) is 24.4 Å². The zero-order valence-corrected chi connectivity index (χ0v) is 16.6. The first kappa shape index (κ1) is 19.4. The van der Waals surface area contributed by atoms with Gasteiger partial charge in [0.2, 0.25) is 0 Å². The number of aromatic nitrogens is 4. The largest absolute Gasteiger partial charge is 0.382 e. The lowest BCUT2D eigenvalue weighted by Crippen LogP contribution is -2.27. The van der Waals surface area contributed by atoms with Gasteiger partial charge in [-0.05, 0) is 31.2 Å². The van der Waals surface area contributed by atoms with Gasteiger partial charge in [-0.1, -0.05) is 35.9 Å². The predicted molar refractivity (Wildman–Crippen MR) is 116 cm³/mol. The minimum atomic E-state index is -0.498. The molecule has 8 nitrogen and oxygen atoms in total. The van der Waals surface area contributed by atoms with Crippen molar-refractivity contribution < 1.29 is 0 Å². The molecule has 30 heavy (non-hydrogen) atoms. The molecule has 2 aromatic heterocycles. The molecule has 1 atom stereocenters. The highest BCUT2D eigenvalue weighted by atomic mass is 35.5. The Morgan fingerprint density at radius 2 is 1.93 bits per heavy atom. The number of halogens is 1. The minimum Gasteiger partial charge on any atom is -0.382 e. The van der Waals surface area contributed by atoms with E-state index >= 15 is 0 Å². The number of nitrogen functional groups attached to an aromatic ring is 1. The summed E-state index contributed by atoms with van der Waals surface area (Å²) in [4.78, 5) is 26.1. The summed E-state index contributed by atoms with van der Waals surface area (Å²) in [6.45, 7) is 1.82. The Balaban J connectivity index is 1.93. The molecule has 0 amide bonds. The molecule has 4 rings (SSSR count). The fraction of sp³-hybridized carbons (Fsp3) is 0.0952. The van der Waals surface area contributed by atoms with Gasteiger partial charge in [0, 0.05) is 0 Å². The number of rotatable bonds is 4. The average Bonchev–Trinajstić information content (AvgIpc) is 2.74. The van der Waals surface area contributed by atoms with Crippen LogP contribution in [-0.4, -0.2) is 19.5 Å². The first-order chi connectivity index (χ1) is 14.5. The van der Waals surface area contributed by atoms with Crippen LogP contribution in [-0.2, 0) is 0 Å². The van der Waals surface area contributed by atoms with Crippen LogP contribution in [0.15, 0.2) is 59.7 Å². The summed E-state index contributed by atoms with van der Waals surface area (Å²) < 4.78 is 1.50. The second-order valence-corrected chi connectivity index (χ2v) is 6.95. The van der Waals surface area contributed by atoms with Gasteiger partial charge in [0.1, 0.15) is 35.4 Å². The smallest absolute Gasteiger partial charge is 0.267 e. The lowest BCUT2D eigenvalue weighted by molar-refractivity contribution is 0.730. The van der Waals surface area contributed by atoms with Crippen LogP contribution < -0.4 is 16.6 Å². The van der Waals surface area contributed by atoms with Gasteiger partial charge in [-0.15, -0.1) is 0 Å². The van der Waals surface area contributed by atoms with Gasteiger partial charge in [-0.3, -0.25) is 9.36 Å². The molecule has 0 spiro atoms. The third-order valence-corrected chi connectivity index (χ3v) is 4.93. The summed E-state index contributed by atoms with van der Waals surface area (Å²) in [7, 11) is 0. The van der Waals surface area contributed by atoms with E-state index in [0.717, 1.165) is 0 Å². The number of fused-ring (bicyclic) bond motifs is 1. The zero-order chi connectivity index (χ0) is 21.3. The third kappa shape index (κ3) is 3.32. The lowest BCUT2D eigenvalue weighted by atomic mass is 10.2. The van der Waals surface area contributed by atoms with Crippen molar-refractivity contribution in [3.05, 3.63) is 81.6 Å². The molecule has 2 heterocycles. The molecule has 0 aliphatic carbocycles. The molecule has 148 valence electrons. The Bertz CT molecular complexity index is 1350. The van der Waals surface area contributed by atoms with Crippen LogP contribution >= 0.6 is 11.6 Å². The molecule has 0 aliphatic rings. The maximum Gasteiger partial charge on any atom is 0.267 e. The molecule has 9 heteroatoms. The normalized spacial score (nSPS) is 11.8. The monoisotopic (exact) mass is 417 g/mol. The quantitative estimate of drug-likeness (QED) is 0.521. The molecular formula is C21H16ClN7O. The topological polar surface area (TPSA) is 123 Å². The fourth-order valence-corrected chi connectivity index (χ4v) is 3.46. The fourth-order valence-electron chi connectivity index (χ4n) is 3.21. The van der Waals surface area contributed by atoms with E-state index in [2.05, 4.69) is 15.3 Å². The van der Waals surface area contributed by atoms with Gasteiger partial charge in [0.15, 0.2) is 0 Å². The highest BCUT2D eigenvalue weighted by Crippen LogP contribution is 2.25. The maximum absolute atomic E-state index is 13.4. The standard InChI is InChI=1S/C21H16ClN7O/c1-12(27-19-14(10-23)18(24)25-11-26-19)20-28-16-9-5-8-15(22)17(16)21(30)29(20)13-6-3-2-4-7-13/h2-9,11-12H,1H3,(H3,24,25,26,27)/t12-/m0/s1. The van der Waals surface area contributed by atoms with Crippen molar-refractivity contribution in [2.45, 2.75) is 13.0 Å². The summed E-state index contributed by atoms with van der Waals surface area (Å²) in [5.41, 5.74) is 6.74. The number of nitrogens with one attached hydrogen (secondary N) is 1. The van der Waals surface area contributed by atoms with E-state index in [-0.39, 0.29) is 22.8 Å². The Kier molecular flexibility index (Phi) is 5.04. The minimum absolute atomic E-state index is 0.0703. The zero-order valence-electron chi connectivity index (χ0n) is 15.9. The van der Waals surface area contributed by atoms with Gasteiger partial charge in [0.25, 0.3) is 5.56 Å². The van der Waals surface area contributed by atoms with E-state index in [1.807, 2.05) is 43.3 Å². The van der Waals surface area contributed by atoms with Crippen LogP contribution in [0.2, 0.25) is 5.02 Å². The Morgan fingerprint density at radius 3 is 2.67 bits per heavy atom. The van der Waals surface area contributed by atoms with Gasteiger partial charge >= 0.3 is 0 Å². The van der Waals surface area contributed by atoms with Crippen LogP contribution in [0.4, 0.5) is 11.6 Å². The van der Waals surface area contributed by atoms with Crippen LogP contribution in [0.5, 0.6) is 0 Å². The maximum atomic E-state index is 13.4. The van der Waals surface area contributed by atoms with E-state index < -0.39 is 6.04 Å². The van der Waals surface area contributed by atoms with Gasteiger partial charge in [0.05, 0.1) is 27.7 Å². The lowest BCUT2D eigenvalue weighted by Gasteiger charge is -2.20. The number of hydrogen-bond acceptors (Lipinski definition) is 7. The summed E-state index contributed by atoms with van der Waals surface area (Å²) in [6, 6.07) is 15.8. The summed E-state index contributed by atoms with van der Waals surface area (Å²) in [6.07, 6.45) is 1.27. The van der Waals surface area contributed by atoms with Crippen molar-refractivity contribution in [1.82, 2.24) is 19.5 Å². The molecule has 0 aliphatic heterocycles. The van der Waals surface area contributed by atoms with Crippen LogP contribution in [0.25, 0.3) is 16.6 Å². The number of nitrogens with zero attached hydrogens (tertiary/aromatic N) is 5. The van der Waals surface area contributed by atoms with Crippen molar-refractivity contribution in [2.75, 3.05) is 11.1 Å². The van der Waals surface area contributed by atoms with Gasteiger partial charge < -0.3 is 11.1 Å². The predicted octanol–water partition coefficient (Wildman–Crippen LogP) is 3.46. The molecule has 0 radical (unpaired) electrons. The summed E-state index contributed by atoms with van der Waals surface area (Å²) in [5.74, 6) is 0.764. The van der Waals surface area contributed by atoms with E-state index in [1.54, 1.807) is 18.2 Å². The van der Waals surface area contributed by atoms with Crippen molar-refractivity contribution >= 4 is 34.1 Å². The van der Waals surface area contributed by atoms with Gasteiger partial charge in [-0.25, -0.2) is 15.0 Å². The van der Waals surface area contributed by atoms with Crippen molar-refractivity contribution in [3.63, 3.8) is 0 Å². The van der Waals surface area contributed by atoms with Gasteiger partial charge in [-0.2, -0.15) is 5.26 Å². The summed E-state index contributed by atoms with van der Waals surface area (Å²) >= 11 is 6.30. The molecule has 2 aromatic carbocycles. The highest BCUT2D eigenvalue weighted by Gasteiger charge is 2.21. The van der Waals surface area contributed by atoms with Crippen molar-refractivity contribution in [2.24, 2.45) is 0 Å². The molecular weight excluding hydrogens is 402 g/mol. The first-order valence-corrected chi connectivity index (χ1v) is 9.42. The summed E-state index contributed by atoms with van der Waals surface area (Å²) in [5, 5.41) is 13.2. The third-order valence-electron chi connectivity index (χ3n) is 4.62. The molecule has 4 aromatic rings. The van der Waals surface area contributed by atoms with Crippen LogP contribution in [0, 0.1) is 11.3 Å². The van der Waals surface area contributed by atoms with E-state index in [1.165, 1.54) is 10.9 Å². The number of hydrogen-bond donors (Lipinski definition) is 2. The molecule has 0 fully saturated rings. The number of benzene rings is 2. The van der Waals surface area contributed by atoms with Crippen molar-refractivity contribution in [1.29, 1.82) is 5.26 Å². The number of nitriles is 1. The Morgan fingerprint density at radius 1 is 1.17 bits per heavy atom. The molecule has 0 bridgehead atoms. The first-order valence-electron chi connectivity index (χ1n) is 9.05. The van der Waals surface area contributed by atoms with E-state index in [4.69, 9.17) is 22.3 Å². The molecule has 0 saturated carbocycles. The second-order valence-electron chi connectivity index (χ2n) is 6.54. The van der Waals surface area contributed by atoms with E-state index in [9.17, 15) is 10.1 Å². The number of nitrogens with two attached hydrogens (primary N) is 1. The SMILES string of the molecule is C[C@H](Nc1ncnc(N)c1C#N)c1nc2cccc(Cl)c2c(=O)n1-c1ccccc1. The molecule has 0 unspecified atom stereocenters. The Labute approximate surface area is 176 Å². The van der Waals surface area contributed by atoms with Crippen LogP contribution in [0.3, 0.4) is 0 Å². The molecule has 0 saturated heterocycles. The Hall–Kier alpha value is -3.96. The second kappa shape index (κ2) is 7.81. The molecule has 3 N–H and O–H groups in total. The number of para-hydroxylation sites is 1. The van der Waals surface area contributed by atoms with E-state index in [0.29, 0.717) is 27.4 Å². The highest BCUT2D eigenvalue weighted by molar-refractivity contribution is 6.35. The number of anilines is 2. The van der Waals surface area contributed by atoms with Crippen molar-refractivity contribution in [3.8, 4) is 11.8 Å².